The highest BCUT2D eigenvalue weighted by Gasteiger charge is 2.31. The Hall–Kier alpha value is -2.52. The summed E-state index contributed by atoms with van der Waals surface area (Å²) in [4.78, 5) is 33.4. The molecule has 1 saturated heterocycles. The molecule has 9 nitrogen and oxygen atoms in total. The van der Waals surface area contributed by atoms with E-state index in [1.807, 2.05) is 0 Å². The van der Waals surface area contributed by atoms with Crippen molar-refractivity contribution in [3.63, 3.8) is 0 Å². The van der Waals surface area contributed by atoms with Gasteiger partial charge in [0.25, 0.3) is 0 Å². The minimum atomic E-state index is -0.675. The predicted octanol–water partition coefficient (Wildman–Crippen LogP) is 1.22. The number of nitrogens with two attached hydrogens (primary N) is 1. The van der Waals surface area contributed by atoms with E-state index in [1.165, 1.54) is 13.2 Å². The van der Waals surface area contributed by atoms with Crippen LogP contribution in [-0.4, -0.2) is 41.6 Å². The van der Waals surface area contributed by atoms with Gasteiger partial charge in [0.2, 0.25) is 0 Å². The van der Waals surface area contributed by atoms with Crippen LogP contribution in [0.15, 0.2) is 12.1 Å². The van der Waals surface area contributed by atoms with Crippen molar-refractivity contribution in [2.75, 3.05) is 7.11 Å². The molecule has 0 amide bonds. The zero-order valence-electron chi connectivity index (χ0n) is 15.3. The van der Waals surface area contributed by atoms with Gasteiger partial charge >= 0.3 is 11.9 Å². The molecule has 1 aromatic rings. The Kier molecular flexibility index (Phi) is 5.94. The van der Waals surface area contributed by atoms with Gasteiger partial charge in [-0.05, 0) is 39.3 Å². The van der Waals surface area contributed by atoms with Crippen molar-refractivity contribution in [2.45, 2.75) is 51.4 Å². The van der Waals surface area contributed by atoms with Gasteiger partial charge in [0.1, 0.15) is 17.1 Å². The number of pyridine rings is 1. The molecule has 1 aliphatic heterocycles. The van der Waals surface area contributed by atoms with E-state index in [2.05, 4.69) is 15.2 Å². The maximum absolute atomic E-state index is 12.3. The van der Waals surface area contributed by atoms with Crippen LogP contribution >= 0.6 is 0 Å². The van der Waals surface area contributed by atoms with E-state index in [1.54, 1.807) is 26.8 Å². The number of esters is 2. The van der Waals surface area contributed by atoms with Crippen molar-refractivity contribution >= 4 is 17.8 Å². The van der Waals surface area contributed by atoms with Crippen molar-refractivity contribution in [1.29, 1.82) is 5.41 Å². The third kappa shape index (κ3) is 4.99. The van der Waals surface area contributed by atoms with Crippen molar-refractivity contribution < 1.29 is 23.9 Å². The van der Waals surface area contributed by atoms with Crippen LogP contribution in [0.5, 0.6) is 0 Å². The molecular formula is C17H24N4O5. The van der Waals surface area contributed by atoms with E-state index in [0.29, 0.717) is 12.1 Å². The molecule has 2 atom stereocenters. The second-order valence-corrected chi connectivity index (χ2v) is 6.97. The number of rotatable bonds is 5. The van der Waals surface area contributed by atoms with E-state index in [4.69, 9.17) is 20.7 Å². The lowest BCUT2D eigenvalue weighted by Crippen LogP contribution is -2.27. The number of carbonyl (C=O) groups excluding carboxylic acids is 2. The number of nitrogens with zero attached hydrogens (tertiary/aromatic N) is 1. The molecule has 2 unspecified atom stereocenters. The molecule has 0 saturated carbocycles. The topological polar surface area (TPSA) is 137 Å². The third-order valence-corrected chi connectivity index (χ3v) is 3.65. The number of methoxy groups -OCH3 is 1. The summed E-state index contributed by atoms with van der Waals surface area (Å²) in [6.07, 6.45) is 0.265. The van der Waals surface area contributed by atoms with Gasteiger partial charge in [0.05, 0.1) is 36.9 Å². The minimum absolute atomic E-state index is 0.0509. The quantitative estimate of drug-likeness (QED) is 0.403. The van der Waals surface area contributed by atoms with E-state index in [-0.39, 0.29) is 41.6 Å². The maximum Gasteiger partial charge on any atom is 0.341 e. The molecule has 1 fully saturated rings. The van der Waals surface area contributed by atoms with Gasteiger partial charge in [0.15, 0.2) is 0 Å². The van der Waals surface area contributed by atoms with E-state index in [9.17, 15) is 9.59 Å². The largest absolute Gasteiger partial charge is 0.469 e. The summed E-state index contributed by atoms with van der Waals surface area (Å²) >= 11 is 0. The number of ether oxygens (including phenoxy) is 2. The summed E-state index contributed by atoms with van der Waals surface area (Å²) in [6, 6.07) is 2.88. The lowest BCUT2D eigenvalue weighted by atomic mass is 10.0. The van der Waals surface area contributed by atoms with E-state index < -0.39 is 11.6 Å². The number of nitrogens with one attached hydrogen (secondary N) is 2. The Labute approximate surface area is 151 Å². The molecule has 4 N–H and O–H groups in total. The summed E-state index contributed by atoms with van der Waals surface area (Å²) in [7, 11) is 1.32. The molecule has 1 aromatic heterocycles. The van der Waals surface area contributed by atoms with Crippen LogP contribution in [0.4, 0.5) is 0 Å². The molecule has 0 radical (unpaired) electrons. The summed E-state index contributed by atoms with van der Waals surface area (Å²) in [6.45, 7) is 5.25. The first-order chi connectivity index (χ1) is 12.1. The lowest BCUT2D eigenvalue weighted by Gasteiger charge is -2.20. The first-order valence-corrected chi connectivity index (χ1v) is 8.17. The molecule has 0 aliphatic carbocycles. The van der Waals surface area contributed by atoms with Gasteiger partial charge in [-0.3, -0.25) is 15.0 Å². The molecule has 0 bridgehead atoms. The number of carbonyl (C=O) groups is 2. The van der Waals surface area contributed by atoms with Gasteiger partial charge in [-0.25, -0.2) is 9.78 Å². The molecule has 9 heteroatoms. The molecule has 26 heavy (non-hydrogen) atoms. The molecule has 1 aliphatic rings. The fourth-order valence-corrected chi connectivity index (χ4v) is 2.48. The van der Waals surface area contributed by atoms with Crippen LogP contribution in [0.1, 0.15) is 61.4 Å². The Morgan fingerprint density at radius 2 is 2.12 bits per heavy atom. The second-order valence-electron chi connectivity index (χ2n) is 6.97. The number of hydrogen-bond acceptors (Lipinski definition) is 8. The third-order valence-electron chi connectivity index (χ3n) is 3.65. The Balaban J connectivity index is 2.20. The smallest absolute Gasteiger partial charge is 0.341 e. The molecule has 2 heterocycles. The molecule has 2 rings (SSSR count). The molecule has 142 valence electrons. The number of nitrogen functional groups attached to an aromatic ring is 1. The highest BCUT2D eigenvalue weighted by Crippen LogP contribution is 2.27. The first kappa shape index (κ1) is 19.8. The Morgan fingerprint density at radius 3 is 2.69 bits per heavy atom. The molecular weight excluding hydrogens is 340 g/mol. The number of hydrogen-bond donors (Lipinski definition) is 3. The van der Waals surface area contributed by atoms with Gasteiger partial charge in [-0.1, -0.05) is 0 Å². The van der Waals surface area contributed by atoms with Crippen molar-refractivity contribution in [2.24, 2.45) is 5.73 Å². The van der Waals surface area contributed by atoms with Crippen LogP contribution in [0.2, 0.25) is 0 Å². The Morgan fingerprint density at radius 1 is 1.42 bits per heavy atom. The van der Waals surface area contributed by atoms with Crippen LogP contribution in [0.25, 0.3) is 0 Å². The average molecular weight is 364 g/mol. The highest BCUT2D eigenvalue weighted by atomic mass is 16.7. The summed E-state index contributed by atoms with van der Waals surface area (Å²) in [5.74, 6) is -1.30. The highest BCUT2D eigenvalue weighted by molar-refractivity contribution is 6.04. The minimum Gasteiger partial charge on any atom is -0.469 e. The summed E-state index contributed by atoms with van der Waals surface area (Å²) < 4.78 is 9.96. The van der Waals surface area contributed by atoms with Crippen molar-refractivity contribution in [1.82, 2.24) is 10.5 Å². The fraction of sp³-hybridized carbons (Fsp3) is 0.529. The monoisotopic (exact) mass is 364 g/mol. The second kappa shape index (κ2) is 7.79. The maximum atomic E-state index is 12.3. The van der Waals surface area contributed by atoms with Gasteiger partial charge in [-0.2, -0.15) is 5.48 Å². The predicted molar refractivity (Wildman–Crippen MR) is 92.4 cm³/mol. The lowest BCUT2D eigenvalue weighted by molar-refractivity contribution is -0.143. The number of aromatic nitrogens is 1. The van der Waals surface area contributed by atoms with E-state index in [0.717, 1.165) is 0 Å². The van der Waals surface area contributed by atoms with Crippen molar-refractivity contribution in [3.05, 3.63) is 29.1 Å². The van der Waals surface area contributed by atoms with Gasteiger partial charge in [-0.15, -0.1) is 0 Å². The Bertz CT molecular complexity index is 714. The van der Waals surface area contributed by atoms with E-state index >= 15 is 0 Å². The SMILES string of the molecule is COC(=O)CC1CC(c2ccc(C(=O)OC(C)(C)C)c(C(=N)N)n2)NO1. The normalized spacial score (nSPS) is 19.8. The first-order valence-electron chi connectivity index (χ1n) is 8.17. The zero-order valence-corrected chi connectivity index (χ0v) is 15.3. The average Bonchev–Trinajstić information content (AvgIpc) is 3.00. The van der Waals surface area contributed by atoms with Crippen LogP contribution in [0, 0.1) is 5.41 Å². The van der Waals surface area contributed by atoms with Crippen LogP contribution in [-0.2, 0) is 19.1 Å². The summed E-state index contributed by atoms with van der Waals surface area (Å²) in [5.41, 5.74) is 8.46. The molecule has 0 aromatic carbocycles. The fourth-order valence-electron chi connectivity index (χ4n) is 2.48. The van der Waals surface area contributed by atoms with Gasteiger partial charge < -0.3 is 15.2 Å². The van der Waals surface area contributed by atoms with Crippen molar-refractivity contribution in [3.8, 4) is 0 Å². The molecule has 0 spiro atoms. The number of amidine groups is 1. The zero-order chi connectivity index (χ0) is 19.5. The summed E-state index contributed by atoms with van der Waals surface area (Å²) in [5, 5.41) is 7.72. The van der Waals surface area contributed by atoms with Crippen LogP contribution < -0.4 is 11.2 Å². The standard InChI is InChI=1S/C17H24N4O5/c1-17(2,3)25-16(23)10-5-6-11(20-14(10)15(18)19)12-7-9(26-21-12)8-13(22)24-4/h5-6,9,12,21H,7-8H2,1-4H3,(H3,18,19). The number of hydroxylamine groups is 1. The van der Waals surface area contributed by atoms with Gasteiger partial charge in [0, 0.05) is 0 Å². The van der Waals surface area contributed by atoms with Crippen LogP contribution in [0.3, 0.4) is 0 Å².